The van der Waals surface area contributed by atoms with Crippen molar-refractivity contribution >= 4 is 27.0 Å². The first-order chi connectivity index (χ1) is 13.7. The molecule has 0 aliphatic heterocycles. The number of hydrogen-bond donors (Lipinski definition) is 0. The maximum absolute atomic E-state index is 13.2. The Labute approximate surface area is 172 Å². The van der Waals surface area contributed by atoms with E-state index in [4.69, 9.17) is 4.42 Å². The SMILES string of the molecule is Cc1cc(-c2cc(C#N)cc(-c3cc4ncoc4cc3Br)c2)cc(C(F)(F)F)c1. The molecule has 0 aliphatic rings. The molecule has 7 heteroatoms. The average molecular weight is 457 g/mol. The van der Waals surface area contributed by atoms with E-state index in [0.717, 1.165) is 22.2 Å². The van der Waals surface area contributed by atoms with Gasteiger partial charge in [-0.15, -0.1) is 0 Å². The number of halogens is 4. The number of rotatable bonds is 2. The molecule has 0 spiro atoms. The molecule has 4 rings (SSSR count). The Balaban J connectivity index is 1.92. The molecule has 144 valence electrons. The Bertz CT molecular complexity index is 1290. The molecule has 0 radical (unpaired) electrons. The summed E-state index contributed by atoms with van der Waals surface area (Å²) in [6.07, 6.45) is -3.11. The summed E-state index contributed by atoms with van der Waals surface area (Å²) in [5.74, 6) is 0. The van der Waals surface area contributed by atoms with E-state index < -0.39 is 11.7 Å². The topological polar surface area (TPSA) is 49.8 Å². The number of nitriles is 1. The number of aryl methyl sites for hydroxylation is 1. The lowest BCUT2D eigenvalue weighted by atomic mass is 9.94. The molecule has 0 N–H and O–H groups in total. The second-order valence-electron chi connectivity index (χ2n) is 6.65. The van der Waals surface area contributed by atoms with Gasteiger partial charge < -0.3 is 4.42 Å². The van der Waals surface area contributed by atoms with Crippen LogP contribution in [0.5, 0.6) is 0 Å². The molecular formula is C22H12BrF3N2O. The largest absolute Gasteiger partial charge is 0.443 e. The zero-order chi connectivity index (χ0) is 20.8. The van der Waals surface area contributed by atoms with Crippen LogP contribution in [0, 0.1) is 18.3 Å². The number of oxazole rings is 1. The summed E-state index contributed by atoms with van der Waals surface area (Å²) in [6.45, 7) is 1.61. The lowest BCUT2D eigenvalue weighted by Gasteiger charge is -2.13. The molecular weight excluding hydrogens is 445 g/mol. The van der Waals surface area contributed by atoms with Gasteiger partial charge in [0.05, 0.1) is 17.2 Å². The minimum atomic E-state index is -4.45. The number of alkyl halides is 3. The van der Waals surface area contributed by atoms with Crippen molar-refractivity contribution in [1.29, 1.82) is 5.26 Å². The molecule has 3 nitrogen and oxygen atoms in total. The van der Waals surface area contributed by atoms with Gasteiger partial charge in [-0.05, 0) is 77.2 Å². The monoisotopic (exact) mass is 456 g/mol. The van der Waals surface area contributed by atoms with Gasteiger partial charge in [-0.1, -0.05) is 22.0 Å². The van der Waals surface area contributed by atoms with E-state index in [-0.39, 0.29) is 0 Å². The van der Waals surface area contributed by atoms with Crippen molar-refractivity contribution in [2.45, 2.75) is 13.1 Å². The van der Waals surface area contributed by atoms with E-state index >= 15 is 0 Å². The van der Waals surface area contributed by atoms with E-state index in [1.54, 1.807) is 43.3 Å². The summed E-state index contributed by atoms with van der Waals surface area (Å²) >= 11 is 3.50. The maximum Gasteiger partial charge on any atom is 0.416 e. The Morgan fingerprint density at radius 1 is 0.966 bits per heavy atom. The zero-order valence-electron chi connectivity index (χ0n) is 15.0. The quantitative estimate of drug-likeness (QED) is 0.322. The second kappa shape index (κ2) is 7.05. The fraction of sp³-hybridized carbons (Fsp3) is 0.0909. The van der Waals surface area contributed by atoms with Crippen molar-refractivity contribution in [3.8, 4) is 28.3 Å². The highest BCUT2D eigenvalue weighted by Gasteiger charge is 2.31. The van der Waals surface area contributed by atoms with Crippen LogP contribution in [0.15, 0.2) is 63.8 Å². The Hall–Kier alpha value is -3.11. The van der Waals surface area contributed by atoms with Crippen LogP contribution in [0.4, 0.5) is 13.2 Å². The van der Waals surface area contributed by atoms with Gasteiger partial charge in [0.15, 0.2) is 12.0 Å². The van der Waals surface area contributed by atoms with Crippen molar-refractivity contribution in [3.05, 3.63) is 76.1 Å². The Morgan fingerprint density at radius 2 is 1.69 bits per heavy atom. The molecule has 0 fully saturated rings. The Morgan fingerprint density at radius 3 is 2.41 bits per heavy atom. The second-order valence-corrected chi connectivity index (χ2v) is 7.50. The van der Waals surface area contributed by atoms with Crippen LogP contribution in [0.3, 0.4) is 0 Å². The standard InChI is InChI=1S/C22H12BrF3N2O/c1-12-2-14(7-17(3-12)22(24,25)26)15-4-13(10-27)5-16(6-15)18-8-20-21(9-19(18)23)29-11-28-20/h2-9,11H,1H3. The van der Waals surface area contributed by atoms with Crippen molar-refractivity contribution in [2.24, 2.45) is 0 Å². The summed E-state index contributed by atoms with van der Waals surface area (Å²) in [5, 5.41) is 9.46. The number of fused-ring (bicyclic) bond motifs is 1. The van der Waals surface area contributed by atoms with Gasteiger partial charge >= 0.3 is 6.18 Å². The van der Waals surface area contributed by atoms with Crippen molar-refractivity contribution in [1.82, 2.24) is 4.98 Å². The van der Waals surface area contributed by atoms with Gasteiger partial charge in [0, 0.05) is 4.47 Å². The molecule has 0 aliphatic carbocycles. The van der Waals surface area contributed by atoms with Crippen molar-refractivity contribution < 1.29 is 17.6 Å². The molecule has 0 unspecified atom stereocenters. The van der Waals surface area contributed by atoms with E-state index in [1.165, 1.54) is 6.39 Å². The number of benzene rings is 3. The smallest absolute Gasteiger partial charge is 0.416 e. The molecule has 1 aromatic heterocycles. The Kier molecular flexibility index (Phi) is 4.67. The van der Waals surface area contributed by atoms with Crippen LogP contribution in [-0.4, -0.2) is 4.98 Å². The molecule has 4 aromatic rings. The zero-order valence-corrected chi connectivity index (χ0v) is 16.6. The normalized spacial score (nSPS) is 11.6. The van der Waals surface area contributed by atoms with E-state index in [0.29, 0.717) is 38.9 Å². The minimum absolute atomic E-state index is 0.347. The minimum Gasteiger partial charge on any atom is -0.443 e. The van der Waals surface area contributed by atoms with E-state index in [2.05, 4.69) is 27.0 Å². The predicted molar refractivity (Wildman–Crippen MR) is 107 cm³/mol. The molecule has 0 atom stereocenters. The third-order valence-corrected chi connectivity index (χ3v) is 5.19. The van der Waals surface area contributed by atoms with Gasteiger partial charge in [-0.3, -0.25) is 0 Å². The third-order valence-electron chi connectivity index (χ3n) is 4.53. The van der Waals surface area contributed by atoms with Crippen LogP contribution in [-0.2, 0) is 6.18 Å². The first-order valence-electron chi connectivity index (χ1n) is 8.52. The number of nitrogens with zero attached hydrogens (tertiary/aromatic N) is 2. The number of aromatic nitrogens is 1. The van der Waals surface area contributed by atoms with E-state index in [9.17, 15) is 18.4 Å². The lowest BCUT2D eigenvalue weighted by Crippen LogP contribution is -2.05. The van der Waals surface area contributed by atoms with Crippen LogP contribution in [0.1, 0.15) is 16.7 Å². The van der Waals surface area contributed by atoms with Gasteiger partial charge in [-0.25, -0.2) is 4.98 Å². The van der Waals surface area contributed by atoms with Gasteiger partial charge in [-0.2, -0.15) is 18.4 Å². The first-order valence-corrected chi connectivity index (χ1v) is 9.31. The van der Waals surface area contributed by atoms with Crippen LogP contribution in [0.25, 0.3) is 33.4 Å². The van der Waals surface area contributed by atoms with Crippen molar-refractivity contribution in [3.63, 3.8) is 0 Å². The van der Waals surface area contributed by atoms with Gasteiger partial charge in [0.25, 0.3) is 0 Å². The summed E-state index contributed by atoms with van der Waals surface area (Å²) in [6, 6.07) is 14.6. The highest BCUT2D eigenvalue weighted by atomic mass is 79.9. The summed E-state index contributed by atoms with van der Waals surface area (Å²) in [4.78, 5) is 4.14. The third kappa shape index (κ3) is 3.76. The lowest BCUT2D eigenvalue weighted by molar-refractivity contribution is -0.137. The molecule has 1 heterocycles. The summed E-state index contributed by atoms with van der Waals surface area (Å²) in [5.41, 5.74) is 3.73. The molecule has 3 aromatic carbocycles. The van der Waals surface area contributed by atoms with Gasteiger partial charge in [0.1, 0.15) is 5.52 Å². The average Bonchev–Trinajstić information content (AvgIpc) is 3.13. The number of hydrogen-bond acceptors (Lipinski definition) is 3. The molecule has 0 bridgehead atoms. The first kappa shape index (κ1) is 19.2. The molecule has 0 saturated carbocycles. The highest BCUT2D eigenvalue weighted by molar-refractivity contribution is 9.10. The highest BCUT2D eigenvalue weighted by Crippen LogP contribution is 2.37. The molecule has 0 saturated heterocycles. The molecule has 0 amide bonds. The maximum atomic E-state index is 13.2. The van der Waals surface area contributed by atoms with Crippen LogP contribution < -0.4 is 0 Å². The summed E-state index contributed by atoms with van der Waals surface area (Å²) in [7, 11) is 0. The fourth-order valence-electron chi connectivity index (χ4n) is 3.23. The van der Waals surface area contributed by atoms with Gasteiger partial charge in [0.2, 0.25) is 0 Å². The van der Waals surface area contributed by atoms with Crippen LogP contribution >= 0.6 is 15.9 Å². The van der Waals surface area contributed by atoms with Crippen molar-refractivity contribution in [2.75, 3.05) is 0 Å². The fourth-order valence-corrected chi connectivity index (χ4v) is 3.78. The van der Waals surface area contributed by atoms with E-state index in [1.807, 2.05) is 0 Å². The van der Waals surface area contributed by atoms with Crippen LogP contribution in [0.2, 0.25) is 0 Å². The molecule has 29 heavy (non-hydrogen) atoms. The summed E-state index contributed by atoms with van der Waals surface area (Å²) < 4.78 is 45.8. The predicted octanol–water partition coefficient (Wildman–Crippen LogP) is 7.12.